The summed E-state index contributed by atoms with van der Waals surface area (Å²) >= 11 is 1.49. The average Bonchev–Trinajstić information content (AvgIpc) is 2.27. The van der Waals surface area contributed by atoms with E-state index in [4.69, 9.17) is 10.5 Å². The molecule has 0 bridgehead atoms. The Morgan fingerprint density at radius 3 is 2.69 bits per heavy atom. The average molecular weight is 261 g/mol. The molecule has 0 atom stereocenters. The quantitative estimate of drug-likeness (QED) is 0.812. The number of sulfone groups is 1. The topological polar surface area (TPSA) is 69.4 Å². The van der Waals surface area contributed by atoms with Gasteiger partial charge in [0.25, 0.3) is 0 Å². The highest BCUT2D eigenvalue weighted by Gasteiger charge is 2.17. The lowest BCUT2D eigenvalue weighted by atomic mass is 10.3. The van der Waals surface area contributed by atoms with Gasteiger partial charge in [0.05, 0.1) is 23.4 Å². The summed E-state index contributed by atoms with van der Waals surface area (Å²) in [6.07, 6.45) is 1.87. The predicted molar refractivity (Wildman–Crippen MR) is 67.8 cm³/mol. The van der Waals surface area contributed by atoms with E-state index in [1.54, 1.807) is 12.1 Å². The van der Waals surface area contributed by atoms with Gasteiger partial charge in [0.2, 0.25) is 0 Å². The van der Waals surface area contributed by atoms with Crippen LogP contribution in [0.3, 0.4) is 0 Å². The monoisotopic (exact) mass is 261 g/mol. The summed E-state index contributed by atoms with van der Waals surface area (Å²) in [6, 6.07) is 4.65. The summed E-state index contributed by atoms with van der Waals surface area (Å²) in [7, 11) is -1.82. The maximum Gasteiger partial charge on any atom is 0.181 e. The second-order valence-electron chi connectivity index (χ2n) is 3.22. The molecular formula is C10H15NO3S2. The van der Waals surface area contributed by atoms with Crippen molar-refractivity contribution in [1.82, 2.24) is 0 Å². The van der Waals surface area contributed by atoms with Gasteiger partial charge in [-0.1, -0.05) is 0 Å². The fourth-order valence-electron chi connectivity index (χ4n) is 1.21. The molecule has 6 heteroatoms. The lowest BCUT2D eigenvalue weighted by Crippen LogP contribution is -2.11. The third-order valence-electron chi connectivity index (χ3n) is 2.11. The van der Waals surface area contributed by atoms with Crippen molar-refractivity contribution in [2.45, 2.75) is 4.90 Å². The molecule has 1 aromatic carbocycles. The molecule has 0 saturated heterocycles. The van der Waals surface area contributed by atoms with Crippen LogP contribution in [0.25, 0.3) is 0 Å². The van der Waals surface area contributed by atoms with Crippen molar-refractivity contribution in [3.05, 3.63) is 18.2 Å². The van der Waals surface area contributed by atoms with E-state index < -0.39 is 9.84 Å². The number of thioether (sulfide) groups is 1. The Labute approximate surface area is 100 Å². The Morgan fingerprint density at radius 2 is 2.12 bits per heavy atom. The van der Waals surface area contributed by atoms with Crippen LogP contribution in [0, 0.1) is 0 Å². The minimum Gasteiger partial charge on any atom is -0.497 e. The zero-order valence-electron chi connectivity index (χ0n) is 9.26. The minimum absolute atomic E-state index is 0.0888. The Bertz CT molecular complexity index is 457. The number of hydrogen-bond donors (Lipinski definition) is 1. The molecule has 4 nitrogen and oxygen atoms in total. The molecular weight excluding hydrogens is 246 g/mol. The lowest BCUT2D eigenvalue weighted by molar-refractivity contribution is 0.413. The van der Waals surface area contributed by atoms with Gasteiger partial charge in [0, 0.05) is 11.8 Å². The smallest absolute Gasteiger partial charge is 0.181 e. The molecule has 0 heterocycles. The number of hydrogen-bond acceptors (Lipinski definition) is 5. The second kappa shape index (κ2) is 5.45. The van der Waals surface area contributed by atoms with Crippen molar-refractivity contribution in [2.24, 2.45) is 0 Å². The van der Waals surface area contributed by atoms with Crippen LogP contribution in [-0.2, 0) is 9.84 Å². The van der Waals surface area contributed by atoms with Crippen LogP contribution in [0.2, 0.25) is 0 Å². The molecule has 90 valence electrons. The van der Waals surface area contributed by atoms with E-state index in [9.17, 15) is 8.42 Å². The van der Waals surface area contributed by atoms with Gasteiger partial charge < -0.3 is 10.5 Å². The fraction of sp³-hybridized carbons (Fsp3) is 0.400. The van der Waals surface area contributed by atoms with E-state index >= 15 is 0 Å². The van der Waals surface area contributed by atoms with Crippen LogP contribution in [0.5, 0.6) is 5.75 Å². The van der Waals surface area contributed by atoms with Gasteiger partial charge in [-0.2, -0.15) is 11.8 Å². The zero-order chi connectivity index (χ0) is 12.2. The molecule has 0 saturated carbocycles. The summed E-state index contributed by atoms with van der Waals surface area (Å²) in [5.41, 5.74) is 5.93. The molecule has 0 fully saturated rings. The second-order valence-corrected chi connectivity index (χ2v) is 6.28. The van der Waals surface area contributed by atoms with E-state index in [0.29, 0.717) is 11.5 Å². The highest BCUT2D eigenvalue weighted by atomic mass is 32.2. The molecule has 0 radical (unpaired) electrons. The van der Waals surface area contributed by atoms with Gasteiger partial charge in [-0.3, -0.25) is 0 Å². The number of rotatable bonds is 5. The van der Waals surface area contributed by atoms with Crippen LogP contribution in [0.4, 0.5) is 5.69 Å². The van der Waals surface area contributed by atoms with Gasteiger partial charge in [-0.05, 0) is 18.4 Å². The number of benzene rings is 1. The van der Waals surface area contributed by atoms with Crippen molar-refractivity contribution < 1.29 is 13.2 Å². The fourth-order valence-corrected chi connectivity index (χ4v) is 3.70. The molecule has 0 aliphatic rings. The van der Waals surface area contributed by atoms with Crippen LogP contribution >= 0.6 is 11.8 Å². The highest BCUT2D eigenvalue weighted by molar-refractivity contribution is 8.00. The molecule has 2 N–H and O–H groups in total. The first kappa shape index (κ1) is 13.2. The SMILES string of the molecule is COc1ccc(N)c(S(=O)(=O)CCSC)c1. The van der Waals surface area contributed by atoms with Gasteiger partial charge in [-0.25, -0.2) is 8.42 Å². The molecule has 0 aliphatic carbocycles. The summed E-state index contributed by atoms with van der Waals surface area (Å²) < 4.78 is 28.8. The molecule has 0 unspecified atom stereocenters. The van der Waals surface area contributed by atoms with E-state index in [2.05, 4.69) is 0 Å². The first-order chi connectivity index (χ1) is 7.51. The molecule has 0 amide bonds. The molecule has 1 aromatic rings. The van der Waals surface area contributed by atoms with E-state index in [1.807, 2.05) is 6.26 Å². The third-order valence-corrected chi connectivity index (χ3v) is 4.75. The number of ether oxygens (including phenoxy) is 1. The van der Waals surface area contributed by atoms with Crippen molar-refractivity contribution in [2.75, 3.05) is 30.6 Å². The van der Waals surface area contributed by atoms with Crippen LogP contribution in [0.15, 0.2) is 23.1 Å². The van der Waals surface area contributed by atoms with Crippen LogP contribution in [0.1, 0.15) is 0 Å². The lowest BCUT2D eigenvalue weighted by Gasteiger charge is -2.08. The summed E-state index contributed by atoms with van der Waals surface area (Å²) in [4.78, 5) is 0.154. The number of methoxy groups -OCH3 is 1. The summed E-state index contributed by atoms with van der Waals surface area (Å²) in [5.74, 6) is 1.14. The zero-order valence-corrected chi connectivity index (χ0v) is 10.9. The van der Waals surface area contributed by atoms with E-state index in [-0.39, 0.29) is 16.3 Å². The number of anilines is 1. The Kier molecular flexibility index (Phi) is 4.49. The van der Waals surface area contributed by atoms with Gasteiger partial charge in [-0.15, -0.1) is 0 Å². The van der Waals surface area contributed by atoms with Gasteiger partial charge in [0.15, 0.2) is 9.84 Å². The van der Waals surface area contributed by atoms with E-state index in [1.165, 1.54) is 24.9 Å². The molecule has 16 heavy (non-hydrogen) atoms. The molecule has 1 rings (SSSR count). The number of nitrogen functional groups attached to an aromatic ring is 1. The van der Waals surface area contributed by atoms with Crippen LogP contribution < -0.4 is 10.5 Å². The van der Waals surface area contributed by atoms with Gasteiger partial charge >= 0.3 is 0 Å². The van der Waals surface area contributed by atoms with E-state index in [0.717, 1.165) is 0 Å². The standard InChI is InChI=1S/C10H15NO3S2/c1-14-8-3-4-9(11)10(7-8)16(12,13)6-5-15-2/h3-4,7H,5-6,11H2,1-2H3. The number of nitrogens with two attached hydrogens (primary N) is 1. The van der Waals surface area contributed by atoms with Gasteiger partial charge in [0.1, 0.15) is 5.75 Å². The largest absolute Gasteiger partial charge is 0.497 e. The Morgan fingerprint density at radius 1 is 1.44 bits per heavy atom. The molecule has 0 aliphatic heterocycles. The van der Waals surface area contributed by atoms with Crippen molar-refractivity contribution >= 4 is 27.3 Å². The minimum atomic E-state index is -3.31. The Balaban J connectivity index is 3.11. The summed E-state index contributed by atoms with van der Waals surface area (Å²) in [6.45, 7) is 0. The summed E-state index contributed by atoms with van der Waals surface area (Å²) in [5, 5.41) is 0. The van der Waals surface area contributed by atoms with Crippen molar-refractivity contribution in [3.8, 4) is 5.75 Å². The maximum absolute atomic E-state index is 11.9. The molecule has 0 spiro atoms. The first-order valence-electron chi connectivity index (χ1n) is 4.66. The third kappa shape index (κ3) is 3.05. The normalized spacial score (nSPS) is 11.4. The van der Waals surface area contributed by atoms with Crippen molar-refractivity contribution in [1.29, 1.82) is 0 Å². The predicted octanol–water partition coefficient (Wildman–Crippen LogP) is 1.41. The maximum atomic E-state index is 11.9. The Hall–Kier alpha value is -0.880. The van der Waals surface area contributed by atoms with Crippen molar-refractivity contribution in [3.63, 3.8) is 0 Å². The highest BCUT2D eigenvalue weighted by Crippen LogP contribution is 2.25. The first-order valence-corrected chi connectivity index (χ1v) is 7.71. The van der Waals surface area contributed by atoms with Crippen LogP contribution in [-0.4, -0.2) is 33.3 Å². The molecule has 0 aromatic heterocycles.